The molecule has 0 aliphatic rings. The van der Waals surface area contributed by atoms with Crippen LogP contribution in [0.2, 0.25) is 0 Å². The number of carbonyl (C=O) groups is 1. The van der Waals surface area contributed by atoms with Crippen LogP contribution in [0.4, 0.5) is 15.8 Å². The standard InChI is InChI=1S/C11H14FN3O4/c1-19-10-6-8(14-4-2-3-11(13)16)7(12)5-9(10)15(17)18/h5-6,14H,2-4H2,1H3,(H2,13,16). The van der Waals surface area contributed by atoms with Gasteiger partial charge in [0.1, 0.15) is 0 Å². The van der Waals surface area contributed by atoms with Crippen LogP contribution in [0.25, 0.3) is 0 Å². The number of primary amides is 1. The number of hydrogen-bond donors (Lipinski definition) is 2. The van der Waals surface area contributed by atoms with Gasteiger partial charge in [-0.3, -0.25) is 14.9 Å². The number of hydrogen-bond acceptors (Lipinski definition) is 5. The highest BCUT2D eigenvalue weighted by Gasteiger charge is 2.18. The van der Waals surface area contributed by atoms with Crippen molar-refractivity contribution in [2.24, 2.45) is 5.73 Å². The van der Waals surface area contributed by atoms with Gasteiger partial charge in [-0.05, 0) is 6.42 Å². The molecule has 1 rings (SSSR count). The maximum atomic E-state index is 13.6. The molecule has 0 fully saturated rings. The predicted molar refractivity (Wildman–Crippen MR) is 66.5 cm³/mol. The fourth-order valence-corrected chi connectivity index (χ4v) is 1.47. The molecule has 8 heteroatoms. The second-order valence-corrected chi connectivity index (χ2v) is 3.76. The largest absolute Gasteiger partial charge is 0.490 e. The van der Waals surface area contributed by atoms with Crippen molar-refractivity contribution in [3.05, 3.63) is 28.1 Å². The summed E-state index contributed by atoms with van der Waals surface area (Å²) in [6.07, 6.45) is 0.618. The van der Waals surface area contributed by atoms with Crippen LogP contribution in [-0.2, 0) is 4.79 Å². The summed E-state index contributed by atoms with van der Waals surface area (Å²) in [5.74, 6) is -1.24. The molecule has 0 aliphatic heterocycles. The first-order chi connectivity index (χ1) is 8.95. The van der Waals surface area contributed by atoms with E-state index in [1.54, 1.807) is 0 Å². The van der Waals surface area contributed by atoms with Gasteiger partial charge < -0.3 is 15.8 Å². The summed E-state index contributed by atoms with van der Waals surface area (Å²) in [6, 6.07) is 1.99. The fraction of sp³-hybridized carbons (Fsp3) is 0.364. The smallest absolute Gasteiger partial charge is 0.313 e. The molecule has 0 radical (unpaired) electrons. The van der Waals surface area contributed by atoms with E-state index in [9.17, 15) is 19.3 Å². The molecule has 0 saturated carbocycles. The van der Waals surface area contributed by atoms with Gasteiger partial charge in [0.25, 0.3) is 0 Å². The third-order valence-electron chi connectivity index (χ3n) is 2.38. The topological polar surface area (TPSA) is 107 Å². The lowest BCUT2D eigenvalue weighted by Crippen LogP contribution is -2.13. The van der Waals surface area contributed by atoms with Crippen LogP contribution in [0.15, 0.2) is 12.1 Å². The van der Waals surface area contributed by atoms with E-state index in [0.29, 0.717) is 13.0 Å². The Morgan fingerprint density at radius 1 is 1.58 bits per heavy atom. The Balaban J connectivity index is 2.79. The number of rotatable bonds is 7. The summed E-state index contributed by atoms with van der Waals surface area (Å²) in [7, 11) is 1.26. The first-order valence-corrected chi connectivity index (χ1v) is 5.49. The van der Waals surface area contributed by atoms with Crippen LogP contribution in [0.3, 0.4) is 0 Å². The SMILES string of the molecule is COc1cc(NCCCC(N)=O)c(F)cc1[N+](=O)[O-]. The molecule has 3 N–H and O–H groups in total. The van der Waals surface area contributed by atoms with E-state index in [0.717, 1.165) is 6.07 Å². The number of halogens is 1. The van der Waals surface area contributed by atoms with Crippen molar-refractivity contribution in [3.8, 4) is 5.75 Å². The third kappa shape index (κ3) is 4.09. The molecule has 0 unspecified atom stereocenters. The highest BCUT2D eigenvalue weighted by molar-refractivity contribution is 5.73. The zero-order valence-corrected chi connectivity index (χ0v) is 10.3. The van der Waals surface area contributed by atoms with Gasteiger partial charge in [0, 0.05) is 19.0 Å². The molecule has 0 bridgehead atoms. The highest BCUT2D eigenvalue weighted by atomic mass is 19.1. The Hall–Kier alpha value is -2.38. The number of benzene rings is 1. The van der Waals surface area contributed by atoms with E-state index in [2.05, 4.69) is 5.32 Å². The number of carbonyl (C=O) groups excluding carboxylic acids is 1. The van der Waals surface area contributed by atoms with Crippen molar-refractivity contribution in [2.75, 3.05) is 19.0 Å². The minimum Gasteiger partial charge on any atom is -0.490 e. The number of nitrogens with zero attached hydrogens (tertiary/aromatic N) is 1. The van der Waals surface area contributed by atoms with Crippen LogP contribution >= 0.6 is 0 Å². The molecule has 0 aromatic heterocycles. The highest BCUT2D eigenvalue weighted by Crippen LogP contribution is 2.32. The lowest BCUT2D eigenvalue weighted by Gasteiger charge is -2.09. The molecule has 7 nitrogen and oxygen atoms in total. The van der Waals surface area contributed by atoms with Gasteiger partial charge in [-0.25, -0.2) is 4.39 Å². The minimum atomic E-state index is -0.758. The fourth-order valence-electron chi connectivity index (χ4n) is 1.47. The normalized spacial score (nSPS) is 10.0. The maximum Gasteiger partial charge on any atom is 0.313 e. The summed E-state index contributed by atoms with van der Waals surface area (Å²) >= 11 is 0. The summed E-state index contributed by atoms with van der Waals surface area (Å²) in [6.45, 7) is 0.320. The molecular weight excluding hydrogens is 257 g/mol. The van der Waals surface area contributed by atoms with E-state index in [1.165, 1.54) is 13.2 Å². The number of nitrogens with one attached hydrogen (secondary N) is 1. The Morgan fingerprint density at radius 2 is 2.26 bits per heavy atom. The maximum absolute atomic E-state index is 13.6. The molecule has 0 spiro atoms. The molecule has 104 valence electrons. The average Bonchev–Trinajstić information content (AvgIpc) is 2.35. The Labute approximate surface area is 108 Å². The molecule has 0 atom stereocenters. The monoisotopic (exact) mass is 271 g/mol. The zero-order valence-electron chi connectivity index (χ0n) is 10.3. The second kappa shape index (κ2) is 6.53. The van der Waals surface area contributed by atoms with Gasteiger partial charge in [0.2, 0.25) is 5.91 Å². The van der Waals surface area contributed by atoms with Gasteiger partial charge in [0.15, 0.2) is 11.6 Å². The summed E-state index contributed by atoms with van der Waals surface area (Å²) in [4.78, 5) is 20.5. The molecule has 19 heavy (non-hydrogen) atoms. The van der Waals surface area contributed by atoms with Gasteiger partial charge in [-0.1, -0.05) is 0 Å². The number of anilines is 1. The van der Waals surface area contributed by atoms with Gasteiger partial charge in [0.05, 0.1) is 23.8 Å². The molecule has 1 aromatic carbocycles. The van der Waals surface area contributed by atoms with Crippen molar-refractivity contribution >= 4 is 17.3 Å². The molecule has 0 aliphatic carbocycles. The van der Waals surface area contributed by atoms with E-state index in [1.807, 2.05) is 0 Å². The van der Waals surface area contributed by atoms with Crippen molar-refractivity contribution < 1.29 is 18.8 Å². The average molecular weight is 271 g/mol. The van der Waals surface area contributed by atoms with E-state index in [4.69, 9.17) is 10.5 Å². The molecular formula is C11H14FN3O4. The van der Waals surface area contributed by atoms with Gasteiger partial charge >= 0.3 is 5.69 Å². The molecule has 1 aromatic rings. The molecule has 0 saturated heterocycles. The van der Waals surface area contributed by atoms with E-state index < -0.39 is 22.3 Å². The van der Waals surface area contributed by atoms with Crippen LogP contribution in [0, 0.1) is 15.9 Å². The first kappa shape index (κ1) is 14.7. The Kier molecular flexibility index (Phi) is 5.04. The quantitative estimate of drug-likeness (QED) is 0.443. The summed E-state index contributed by atoms with van der Waals surface area (Å²) < 4.78 is 18.4. The second-order valence-electron chi connectivity index (χ2n) is 3.76. The number of nitro groups is 1. The van der Waals surface area contributed by atoms with Crippen molar-refractivity contribution in [3.63, 3.8) is 0 Å². The summed E-state index contributed by atoms with van der Waals surface area (Å²) in [5.41, 5.74) is 4.60. The number of amides is 1. The van der Waals surface area contributed by atoms with Crippen molar-refractivity contribution in [1.29, 1.82) is 0 Å². The van der Waals surface area contributed by atoms with E-state index in [-0.39, 0.29) is 17.9 Å². The lowest BCUT2D eigenvalue weighted by molar-refractivity contribution is -0.385. The third-order valence-corrected chi connectivity index (χ3v) is 2.38. The van der Waals surface area contributed by atoms with Crippen LogP contribution in [0.1, 0.15) is 12.8 Å². The van der Waals surface area contributed by atoms with E-state index >= 15 is 0 Å². The Morgan fingerprint density at radius 3 is 2.79 bits per heavy atom. The zero-order chi connectivity index (χ0) is 14.4. The summed E-state index contributed by atoms with van der Waals surface area (Å²) in [5, 5.41) is 13.4. The number of nitrogens with two attached hydrogens (primary N) is 1. The van der Waals surface area contributed by atoms with Crippen molar-refractivity contribution in [2.45, 2.75) is 12.8 Å². The number of nitro benzene ring substituents is 1. The van der Waals surface area contributed by atoms with Crippen molar-refractivity contribution in [1.82, 2.24) is 0 Å². The van der Waals surface area contributed by atoms with Gasteiger partial charge in [-0.15, -0.1) is 0 Å². The lowest BCUT2D eigenvalue weighted by atomic mass is 10.2. The number of methoxy groups -OCH3 is 1. The Bertz CT molecular complexity index is 493. The van der Waals surface area contributed by atoms with Gasteiger partial charge in [-0.2, -0.15) is 0 Å². The van der Waals surface area contributed by atoms with Crippen LogP contribution in [-0.4, -0.2) is 24.5 Å². The molecule has 0 heterocycles. The van der Waals surface area contributed by atoms with Crippen LogP contribution < -0.4 is 15.8 Å². The minimum absolute atomic E-state index is 0.0381. The number of ether oxygens (including phenoxy) is 1. The predicted octanol–water partition coefficient (Wildman–Crippen LogP) is 1.42. The first-order valence-electron chi connectivity index (χ1n) is 5.49. The molecule has 1 amide bonds. The van der Waals surface area contributed by atoms with Crippen LogP contribution in [0.5, 0.6) is 5.75 Å².